The summed E-state index contributed by atoms with van der Waals surface area (Å²) in [6.45, 7) is 8.93. The second-order valence-corrected chi connectivity index (χ2v) is 9.64. The summed E-state index contributed by atoms with van der Waals surface area (Å²) in [4.78, 5) is 38.2. The fraction of sp³-hybridized carbons (Fsp3) is 0.400. The molecule has 178 valence electrons. The largest absolute Gasteiger partial charge is 0.353 e. The van der Waals surface area contributed by atoms with Crippen LogP contribution in [0.3, 0.4) is 0 Å². The number of hydrogen-bond donors (Lipinski definition) is 0. The van der Waals surface area contributed by atoms with Crippen molar-refractivity contribution >= 4 is 28.7 Å². The van der Waals surface area contributed by atoms with Crippen LogP contribution in [-0.4, -0.2) is 51.9 Å². The van der Waals surface area contributed by atoms with Gasteiger partial charge in [0.15, 0.2) is 0 Å². The summed E-state index contributed by atoms with van der Waals surface area (Å²) in [5, 5.41) is 13.0. The number of carbonyl (C=O) groups excluding carboxylic acids is 1. The van der Waals surface area contributed by atoms with E-state index in [2.05, 4.69) is 25.7 Å². The molecule has 0 bridgehead atoms. The average molecular weight is 480 g/mol. The summed E-state index contributed by atoms with van der Waals surface area (Å²) in [5.41, 5.74) is 3.12. The van der Waals surface area contributed by atoms with Gasteiger partial charge in [0, 0.05) is 61.9 Å². The van der Waals surface area contributed by atoms with Gasteiger partial charge in [0.2, 0.25) is 0 Å². The number of nitrogens with zero attached hydrogens (tertiary/aromatic N) is 5. The Morgan fingerprint density at radius 1 is 1.12 bits per heavy atom. The molecule has 0 unspecified atom stereocenters. The van der Waals surface area contributed by atoms with Crippen molar-refractivity contribution in [2.75, 3.05) is 31.1 Å². The van der Waals surface area contributed by atoms with Gasteiger partial charge < -0.3 is 9.80 Å². The minimum Gasteiger partial charge on any atom is -0.353 e. The number of thiophene rings is 1. The number of amides is 1. The van der Waals surface area contributed by atoms with Crippen molar-refractivity contribution < 1.29 is 9.72 Å². The number of benzene rings is 1. The van der Waals surface area contributed by atoms with Gasteiger partial charge >= 0.3 is 0 Å². The van der Waals surface area contributed by atoms with E-state index in [0.717, 1.165) is 39.8 Å². The maximum absolute atomic E-state index is 12.8. The molecule has 1 fully saturated rings. The number of piperazine rings is 1. The zero-order valence-electron chi connectivity index (χ0n) is 19.7. The van der Waals surface area contributed by atoms with E-state index in [9.17, 15) is 14.9 Å². The normalized spacial score (nSPS) is 14.0. The second-order valence-electron chi connectivity index (χ2n) is 8.70. The van der Waals surface area contributed by atoms with Crippen LogP contribution in [0.25, 0.3) is 0 Å². The maximum Gasteiger partial charge on any atom is 0.269 e. The Bertz CT molecular complexity index is 1150. The molecule has 0 spiro atoms. The molecule has 8 nitrogen and oxygen atoms in total. The highest BCUT2D eigenvalue weighted by molar-refractivity contribution is 7.12. The molecule has 3 heterocycles. The number of hydrogen-bond acceptors (Lipinski definition) is 7. The Balaban J connectivity index is 1.62. The number of non-ortho nitro benzene ring substituents is 1. The Labute approximate surface area is 203 Å². The van der Waals surface area contributed by atoms with Gasteiger partial charge in [0.25, 0.3) is 11.6 Å². The minimum absolute atomic E-state index is 0.0811. The van der Waals surface area contributed by atoms with Crippen molar-refractivity contribution in [2.45, 2.75) is 39.5 Å². The molecule has 1 aromatic carbocycles. The molecular formula is C25H29N5O3S. The van der Waals surface area contributed by atoms with Crippen LogP contribution in [-0.2, 0) is 12.8 Å². The molecule has 1 amide bonds. The van der Waals surface area contributed by atoms with E-state index in [-0.39, 0.29) is 22.4 Å². The quantitative estimate of drug-likeness (QED) is 0.361. The highest BCUT2D eigenvalue weighted by atomic mass is 32.1. The molecule has 0 aliphatic carbocycles. The van der Waals surface area contributed by atoms with Crippen molar-refractivity contribution in [3.05, 3.63) is 79.4 Å². The van der Waals surface area contributed by atoms with E-state index in [4.69, 9.17) is 9.97 Å². The number of carbonyl (C=O) groups is 1. The van der Waals surface area contributed by atoms with Crippen molar-refractivity contribution in [1.29, 1.82) is 0 Å². The molecule has 9 heteroatoms. The van der Waals surface area contributed by atoms with Crippen LogP contribution in [0.2, 0.25) is 0 Å². The summed E-state index contributed by atoms with van der Waals surface area (Å²) < 4.78 is 0. The topological polar surface area (TPSA) is 92.5 Å². The van der Waals surface area contributed by atoms with Crippen molar-refractivity contribution in [3.63, 3.8) is 0 Å². The van der Waals surface area contributed by atoms with E-state index in [1.54, 1.807) is 24.3 Å². The Kier molecular flexibility index (Phi) is 7.21. The fourth-order valence-electron chi connectivity index (χ4n) is 4.15. The molecule has 1 aliphatic rings. The Hall–Kier alpha value is -3.33. The van der Waals surface area contributed by atoms with Gasteiger partial charge in [-0.15, -0.1) is 11.3 Å². The SMILES string of the molecule is CCc1nc(C(C)C)nc(N2CCN(C(=O)c3cccs3)CC2)c1Cc1ccc([N+](=O)[O-])cc1. The number of anilines is 1. The lowest BCUT2D eigenvalue weighted by Crippen LogP contribution is -2.49. The predicted molar refractivity (Wildman–Crippen MR) is 134 cm³/mol. The van der Waals surface area contributed by atoms with Crippen LogP contribution in [0.1, 0.15) is 59.0 Å². The highest BCUT2D eigenvalue weighted by Gasteiger charge is 2.27. The van der Waals surface area contributed by atoms with Gasteiger partial charge in [0.05, 0.1) is 9.80 Å². The first-order chi connectivity index (χ1) is 16.4. The van der Waals surface area contributed by atoms with E-state index in [1.165, 1.54) is 11.3 Å². The second kappa shape index (κ2) is 10.3. The third kappa shape index (κ3) is 5.09. The molecule has 1 saturated heterocycles. The number of aryl methyl sites for hydroxylation is 1. The third-order valence-corrected chi connectivity index (χ3v) is 6.92. The van der Waals surface area contributed by atoms with Crippen molar-refractivity contribution in [2.24, 2.45) is 0 Å². The van der Waals surface area contributed by atoms with Crippen LogP contribution >= 0.6 is 11.3 Å². The minimum atomic E-state index is -0.385. The number of nitro groups is 1. The summed E-state index contributed by atoms with van der Waals surface area (Å²) in [5.74, 6) is 2.01. The molecule has 1 aliphatic heterocycles. The summed E-state index contributed by atoms with van der Waals surface area (Å²) in [7, 11) is 0. The van der Waals surface area contributed by atoms with Crippen LogP contribution in [0.5, 0.6) is 0 Å². The van der Waals surface area contributed by atoms with Crippen molar-refractivity contribution in [3.8, 4) is 0 Å². The van der Waals surface area contributed by atoms with E-state index < -0.39 is 0 Å². The molecule has 34 heavy (non-hydrogen) atoms. The van der Waals surface area contributed by atoms with Gasteiger partial charge in [0.1, 0.15) is 11.6 Å². The molecule has 0 saturated carbocycles. The fourth-order valence-corrected chi connectivity index (χ4v) is 4.84. The Morgan fingerprint density at radius 3 is 2.38 bits per heavy atom. The first kappa shape index (κ1) is 23.8. The highest BCUT2D eigenvalue weighted by Crippen LogP contribution is 2.28. The van der Waals surface area contributed by atoms with Crippen LogP contribution < -0.4 is 4.90 Å². The zero-order chi connectivity index (χ0) is 24.2. The zero-order valence-corrected chi connectivity index (χ0v) is 20.5. The molecule has 0 N–H and O–H groups in total. The number of nitro benzene ring substituents is 1. The average Bonchev–Trinajstić information content (AvgIpc) is 3.39. The molecule has 0 atom stereocenters. The van der Waals surface area contributed by atoms with Gasteiger partial charge in [-0.1, -0.05) is 39.0 Å². The number of aromatic nitrogens is 2. The molecule has 0 radical (unpaired) electrons. The molecular weight excluding hydrogens is 450 g/mol. The predicted octanol–water partition coefficient (Wildman–Crippen LogP) is 4.69. The first-order valence-corrected chi connectivity index (χ1v) is 12.5. The van der Waals surface area contributed by atoms with Crippen LogP contribution in [0, 0.1) is 10.1 Å². The molecule has 4 rings (SSSR count). The van der Waals surface area contributed by atoms with Crippen molar-refractivity contribution in [1.82, 2.24) is 14.9 Å². The van der Waals surface area contributed by atoms with Gasteiger partial charge in [-0.05, 0) is 23.4 Å². The lowest BCUT2D eigenvalue weighted by Gasteiger charge is -2.36. The number of rotatable bonds is 7. The van der Waals surface area contributed by atoms with Gasteiger partial charge in [-0.3, -0.25) is 14.9 Å². The van der Waals surface area contributed by atoms with Gasteiger partial charge in [-0.2, -0.15) is 0 Å². The summed E-state index contributed by atoms with van der Waals surface area (Å²) in [6, 6.07) is 10.5. The lowest BCUT2D eigenvalue weighted by molar-refractivity contribution is -0.384. The van der Waals surface area contributed by atoms with E-state index in [0.29, 0.717) is 32.6 Å². The molecule has 2 aromatic heterocycles. The third-order valence-electron chi connectivity index (χ3n) is 6.07. The monoisotopic (exact) mass is 479 g/mol. The first-order valence-electron chi connectivity index (χ1n) is 11.6. The Morgan fingerprint density at radius 2 is 1.82 bits per heavy atom. The lowest BCUT2D eigenvalue weighted by atomic mass is 10.0. The van der Waals surface area contributed by atoms with E-state index >= 15 is 0 Å². The van der Waals surface area contributed by atoms with Gasteiger partial charge in [-0.25, -0.2) is 9.97 Å². The maximum atomic E-state index is 12.8. The summed E-state index contributed by atoms with van der Waals surface area (Å²) >= 11 is 1.47. The van der Waals surface area contributed by atoms with E-state index in [1.807, 2.05) is 22.4 Å². The standard InChI is InChI=1S/C25H29N5O3S/c1-4-21-20(16-18-7-9-19(10-8-18)30(32)33)24(27-23(26-21)17(2)3)28-11-13-29(14-12-28)25(31)22-6-5-15-34-22/h5-10,15,17H,4,11-14,16H2,1-3H3. The summed E-state index contributed by atoms with van der Waals surface area (Å²) in [6.07, 6.45) is 1.37. The van der Waals surface area contributed by atoms with Crippen LogP contribution in [0.15, 0.2) is 41.8 Å². The smallest absolute Gasteiger partial charge is 0.269 e. The van der Waals surface area contributed by atoms with Crippen LogP contribution in [0.4, 0.5) is 11.5 Å². The molecule has 3 aromatic rings.